The lowest BCUT2D eigenvalue weighted by Crippen LogP contribution is -2.19. The van der Waals surface area contributed by atoms with Gasteiger partial charge in [-0.2, -0.15) is 5.10 Å². The summed E-state index contributed by atoms with van der Waals surface area (Å²) in [5, 5.41) is 6.33. The van der Waals surface area contributed by atoms with E-state index in [2.05, 4.69) is 0 Å². The lowest BCUT2D eigenvalue weighted by atomic mass is 9.92. The van der Waals surface area contributed by atoms with Crippen LogP contribution in [0.15, 0.2) is 64.6 Å². The monoisotopic (exact) mass is 439 g/mol. The van der Waals surface area contributed by atoms with Crippen LogP contribution in [0.3, 0.4) is 0 Å². The first-order valence-corrected chi connectivity index (χ1v) is 11.6. The molecule has 0 saturated carbocycles. The predicted molar refractivity (Wildman–Crippen MR) is 121 cm³/mol. The standard InChI is InChI=1S/C23H22FN3O3S/c1-4-31(29,30)14-15-5-10-18-19(11-15)20-13-26(2)22(28)12-21(20)27(3)25-23(18)16-6-8-17(24)9-7-16/h5-13H,4,14H2,1-3H3. The van der Waals surface area contributed by atoms with Gasteiger partial charge in [-0.15, -0.1) is 0 Å². The molecular formula is C23H22FN3O3S. The Bertz CT molecular complexity index is 1360. The SMILES string of the molecule is CCS(=O)(=O)Cc1ccc2c(c1)-c1cn(C)c(=O)cc1N(C)N=C2c1ccc(F)cc1. The van der Waals surface area contributed by atoms with E-state index in [4.69, 9.17) is 5.10 Å². The fraction of sp³-hybridized carbons (Fsp3) is 0.217. The second-order valence-electron chi connectivity index (χ2n) is 7.56. The average molecular weight is 440 g/mol. The molecule has 0 bridgehead atoms. The number of anilines is 1. The number of aryl methyl sites for hydroxylation is 1. The zero-order valence-electron chi connectivity index (χ0n) is 17.5. The highest BCUT2D eigenvalue weighted by Crippen LogP contribution is 2.37. The van der Waals surface area contributed by atoms with Gasteiger partial charge in [0.2, 0.25) is 0 Å². The number of rotatable bonds is 4. The molecular weight excluding hydrogens is 417 g/mol. The number of pyridine rings is 1. The first kappa shape index (κ1) is 21.0. The summed E-state index contributed by atoms with van der Waals surface area (Å²) < 4.78 is 39.4. The highest BCUT2D eigenvalue weighted by Gasteiger charge is 2.24. The van der Waals surface area contributed by atoms with Crippen molar-refractivity contribution < 1.29 is 12.8 Å². The number of benzene rings is 2. The topological polar surface area (TPSA) is 71.7 Å². The smallest absolute Gasteiger partial charge is 0.252 e. The third kappa shape index (κ3) is 4.03. The minimum atomic E-state index is -3.22. The van der Waals surface area contributed by atoms with Crippen molar-refractivity contribution in [1.29, 1.82) is 0 Å². The number of aromatic nitrogens is 1. The van der Waals surface area contributed by atoms with E-state index in [1.165, 1.54) is 22.8 Å². The first-order valence-electron chi connectivity index (χ1n) is 9.81. The zero-order chi connectivity index (χ0) is 22.3. The van der Waals surface area contributed by atoms with Crippen molar-refractivity contribution in [3.63, 3.8) is 0 Å². The molecule has 0 radical (unpaired) electrons. The summed E-state index contributed by atoms with van der Waals surface area (Å²) in [5.74, 6) is -0.366. The van der Waals surface area contributed by atoms with Gasteiger partial charge in [-0.25, -0.2) is 12.8 Å². The Morgan fingerprint density at radius 3 is 2.35 bits per heavy atom. The van der Waals surface area contributed by atoms with Crippen molar-refractivity contribution in [3.8, 4) is 11.1 Å². The molecule has 1 aliphatic heterocycles. The van der Waals surface area contributed by atoms with E-state index in [9.17, 15) is 17.6 Å². The van der Waals surface area contributed by atoms with E-state index in [0.29, 0.717) is 22.5 Å². The number of hydrogen-bond acceptors (Lipinski definition) is 5. The van der Waals surface area contributed by atoms with Gasteiger partial charge in [-0.1, -0.05) is 19.1 Å². The van der Waals surface area contributed by atoms with Gasteiger partial charge in [-0.05, 0) is 41.5 Å². The molecule has 0 aliphatic carbocycles. The molecule has 0 N–H and O–H groups in total. The fourth-order valence-corrected chi connectivity index (χ4v) is 4.53. The van der Waals surface area contributed by atoms with Crippen molar-refractivity contribution in [1.82, 2.24) is 4.57 Å². The molecule has 0 amide bonds. The maximum Gasteiger partial charge on any atom is 0.252 e. The van der Waals surface area contributed by atoms with E-state index in [0.717, 1.165) is 16.7 Å². The molecule has 0 fully saturated rings. The van der Waals surface area contributed by atoms with Crippen LogP contribution >= 0.6 is 0 Å². The van der Waals surface area contributed by atoms with Crippen LogP contribution in [-0.2, 0) is 22.6 Å². The number of fused-ring (bicyclic) bond motifs is 3. The summed E-state index contributed by atoms with van der Waals surface area (Å²) in [6.45, 7) is 1.62. The van der Waals surface area contributed by atoms with Gasteiger partial charge < -0.3 is 4.57 Å². The van der Waals surface area contributed by atoms with Gasteiger partial charge in [0.1, 0.15) is 5.82 Å². The predicted octanol–water partition coefficient (Wildman–Crippen LogP) is 3.33. The molecule has 6 nitrogen and oxygen atoms in total. The Morgan fingerprint density at radius 2 is 1.68 bits per heavy atom. The Morgan fingerprint density at radius 1 is 0.968 bits per heavy atom. The van der Waals surface area contributed by atoms with Gasteiger partial charge in [0.25, 0.3) is 5.56 Å². The summed E-state index contributed by atoms with van der Waals surface area (Å²) in [7, 11) is 0.194. The summed E-state index contributed by atoms with van der Waals surface area (Å²) in [4.78, 5) is 12.3. The van der Waals surface area contributed by atoms with Gasteiger partial charge in [0, 0.05) is 48.8 Å². The van der Waals surface area contributed by atoms with Crippen molar-refractivity contribution in [2.75, 3.05) is 17.8 Å². The van der Waals surface area contributed by atoms with E-state index >= 15 is 0 Å². The molecule has 2 heterocycles. The average Bonchev–Trinajstić information content (AvgIpc) is 2.84. The minimum Gasteiger partial charge on any atom is -0.318 e. The van der Waals surface area contributed by atoms with Crippen molar-refractivity contribution in [2.45, 2.75) is 12.7 Å². The van der Waals surface area contributed by atoms with Crippen LogP contribution in [0, 0.1) is 5.82 Å². The minimum absolute atomic E-state index is 0.0558. The summed E-state index contributed by atoms with van der Waals surface area (Å²) in [6.07, 6.45) is 1.73. The number of nitrogens with zero attached hydrogens (tertiary/aromatic N) is 3. The van der Waals surface area contributed by atoms with Crippen LogP contribution in [0.1, 0.15) is 23.6 Å². The molecule has 0 atom stereocenters. The quantitative estimate of drug-likeness (QED) is 0.625. The fourth-order valence-electron chi connectivity index (χ4n) is 3.64. The first-order chi connectivity index (χ1) is 14.7. The van der Waals surface area contributed by atoms with Crippen molar-refractivity contribution >= 4 is 21.2 Å². The normalized spacial score (nSPS) is 13.3. The highest BCUT2D eigenvalue weighted by molar-refractivity contribution is 7.90. The van der Waals surface area contributed by atoms with Gasteiger partial charge in [0.15, 0.2) is 9.84 Å². The maximum atomic E-state index is 13.5. The third-order valence-corrected chi connectivity index (χ3v) is 7.03. The van der Waals surface area contributed by atoms with Crippen molar-refractivity contribution in [3.05, 3.63) is 87.6 Å². The largest absolute Gasteiger partial charge is 0.318 e. The third-order valence-electron chi connectivity index (χ3n) is 5.38. The van der Waals surface area contributed by atoms with Crippen LogP contribution in [-0.4, -0.2) is 31.5 Å². The molecule has 3 aromatic rings. The second-order valence-corrected chi connectivity index (χ2v) is 9.91. The molecule has 31 heavy (non-hydrogen) atoms. The second kappa shape index (κ2) is 7.77. The van der Waals surface area contributed by atoms with Gasteiger partial charge in [0.05, 0.1) is 17.2 Å². The summed E-state index contributed by atoms with van der Waals surface area (Å²) >= 11 is 0. The number of hydrazone groups is 1. The van der Waals surface area contributed by atoms with Crippen LogP contribution in [0.2, 0.25) is 0 Å². The molecule has 2 aromatic carbocycles. The van der Waals surface area contributed by atoms with E-state index < -0.39 is 9.84 Å². The van der Waals surface area contributed by atoms with Crippen LogP contribution in [0.5, 0.6) is 0 Å². The molecule has 8 heteroatoms. The summed E-state index contributed by atoms with van der Waals surface area (Å²) in [5.41, 5.74) is 4.70. The van der Waals surface area contributed by atoms with E-state index in [-0.39, 0.29) is 22.9 Å². The Balaban J connectivity index is 2.00. The van der Waals surface area contributed by atoms with Crippen LogP contribution < -0.4 is 10.6 Å². The highest BCUT2D eigenvalue weighted by atomic mass is 32.2. The zero-order valence-corrected chi connectivity index (χ0v) is 18.3. The lowest BCUT2D eigenvalue weighted by molar-refractivity contribution is 0.596. The number of halogens is 1. The molecule has 4 rings (SSSR count). The number of hydrogen-bond donors (Lipinski definition) is 0. The Hall–Kier alpha value is -3.26. The van der Waals surface area contributed by atoms with E-state index in [1.54, 1.807) is 50.4 Å². The summed E-state index contributed by atoms with van der Waals surface area (Å²) in [6, 6.07) is 13.0. The maximum absolute atomic E-state index is 13.5. The van der Waals surface area contributed by atoms with Gasteiger partial charge >= 0.3 is 0 Å². The molecule has 1 aromatic heterocycles. The van der Waals surface area contributed by atoms with Gasteiger partial charge in [-0.3, -0.25) is 9.80 Å². The number of sulfone groups is 1. The Labute approximate surface area is 180 Å². The van der Waals surface area contributed by atoms with Crippen LogP contribution in [0.4, 0.5) is 10.1 Å². The molecule has 0 unspecified atom stereocenters. The molecule has 0 saturated heterocycles. The Kier molecular flexibility index (Phi) is 5.26. The molecule has 0 spiro atoms. The lowest BCUT2D eigenvalue weighted by Gasteiger charge is -2.16. The van der Waals surface area contributed by atoms with E-state index in [1.807, 2.05) is 12.1 Å². The molecule has 1 aliphatic rings. The molecule has 160 valence electrons. The van der Waals surface area contributed by atoms with Crippen LogP contribution in [0.25, 0.3) is 11.1 Å². The van der Waals surface area contributed by atoms with Crippen molar-refractivity contribution in [2.24, 2.45) is 12.1 Å².